The van der Waals surface area contributed by atoms with Crippen molar-refractivity contribution in [1.29, 1.82) is 0 Å². The Morgan fingerprint density at radius 3 is 2.48 bits per heavy atom. The van der Waals surface area contributed by atoms with Gasteiger partial charge in [-0.1, -0.05) is 0 Å². The number of benzene rings is 1. The van der Waals surface area contributed by atoms with Crippen LogP contribution >= 0.6 is 0 Å². The molecule has 0 aliphatic rings. The molecule has 0 radical (unpaired) electrons. The Morgan fingerprint density at radius 1 is 1.10 bits per heavy atom. The third-order valence-corrected chi connectivity index (χ3v) is 5.09. The van der Waals surface area contributed by atoms with Gasteiger partial charge >= 0.3 is 6.36 Å². The van der Waals surface area contributed by atoms with E-state index in [0.717, 1.165) is 18.2 Å². The first-order valence-electron chi connectivity index (χ1n) is 7.98. The Bertz CT molecular complexity index is 1130. The average molecular weight is 428 g/mol. The van der Waals surface area contributed by atoms with Crippen LogP contribution in [0.5, 0.6) is 11.5 Å². The van der Waals surface area contributed by atoms with Crippen molar-refractivity contribution in [3.8, 4) is 22.6 Å². The quantitative estimate of drug-likeness (QED) is 0.648. The lowest BCUT2D eigenvalue weighted by atomic mass is 10.1. The van der Waals surface area contributed by atoms with Crippen molar-refractivity contribution >= 4 is 15.7 Å². The zero-order valence-electron chi connectivity index (χ0n) is 15.1. The summed E-state index contributed by atoms with van der Waals surface area (Å²) in [5.74, 6) is -0.843. The minimum Gasteiger partial charge on any atom is -0.495 e. The van der Waals surface area contributed by atoms with E-state index in [1.807, 2.05) is 0 Å². The van der Waals surface area contributed by atoms with Crippen molar-refractivity contribution in [3.05, 3.63) is 49.1 Å². The van der Waals surface area contributed by atoms with Gasteiger partial charge in [-0.25, -0.2) is 8.42 Å². The van der Waals surface area contributed by atoms with Crippen molar-refractivity contribution in [2.45, 2.75) is 11.3 Å². The number of anilines is 1. The van der Waals surface area contributed by atoms with E-state index in [1.165, 1.54) is 25.6 Å². The van der Waals surface area contributed by atoms with Crippen LogP contribution in [-0.4, -0.2) is 36.7 Å². The number of sulfonamides is 1. The van der Waals surface area contributed by atoms with Crippen LogP contribution in [0, 0.1) is 0 Å². The Labute approximate surface area is 164 Å². The fraction of sp³-hybridized carbons (Fsp3) is 0.176. The van der Waals surface area contributed by atoms with Crippen molar-refractivity contribution < 1.29 is 31.1 Å². The number of rotatable bonds is 6. The second-order valence-electron chi connectivity index (χ2n) is 5.83. The standard InChI is InChI=1S/C17H15F3N4O4S/c1-24-10-12(8-22-24)11-5-13(9-21-7-11)23-29(25,26)16-6-14(28-17(18,19)20)3-4-15(16)27-2/h3-10,23H,1-2H3. The number of pyridine rings is 1. The van der Waals surface area contributed by atoms with Crippen LogP contribution in [0.2, 0.25) is 0 Å². The van der Waals surface area contributed by atoms with Crippen molar-refractivity contribution in [3.63, 3.8) is 0 Å². The lowest BCUT2D eigenvalue weighted by Gasteiger charge is -2.14. The molecule has 0 bridgehead atoms. The number of methoxy groups -OCH3 is 1. The van der Waals surface area contributed by atoms with Gasteiger partial charge in [0.2, 0.25) is 0 Å². The van der Waals surface area contributed by atoms with Gasteiger partial charge in [0.15, 0.2) is 0 Å². The van der Waals surface area contributed by atoms with E-state index in [0.29, 0.717) is 11.1 Å². The second-order valence-corrected chi connectivity index (χ2v) is 7.48. The summed E-state index contributed by atoms with van der Waals surface area (Å²) in [6.45, 7) is 0. The lowest BCUT2D eigenvalue weighted by Crippen LogP contribution is -2.18. The number of hydrogen-bond acceptors (Lipinski definition) is 6. The summed E-state index contributed by atoms with van der Waals surface area (Å²) in [5, 5.41) is 4.03. The summed E-state index contributed by atoms with van der Waals surface area (Å²) < 4.78 is 75.6. The summed E-state index contributed by atoms with van der Waals surface area (Å²) in [7, 11) is -1.39. The fourth-order valence-electron chi connectivity index (χ4n) is 2.50. The molecule has 3 aromatic rings. The molecule has 0 saturated heterocycles. The van der Waals surface area contributed by atoms with Gasteiger partial charge in [-0.15, -0.1) is 13.2 Å². The molecule has 154 valence electrons. The van der Waals surface area contributed by atoms with Gasteiger partial charge in [-0.2, -0.15) is 5.10 Å². The third-order valence-electron chi connectivity index (χ3n) is 3.69. The van der Waals surface area contributed by atoms with Crippen molar-refractivity contribution in [1.82, 2.24) is 14.8 Å². The zero-order chi connectivity index (χ0) is 21.2. The molecular formula is C17H15F3N4O4S. The van der Waals surface area contributed by atoms with E-state index in [2.05, 4.69) is 19.5 Å². The second kappa shape index (κ2) is 7.62. The molecule has 2 aromatic heterocycles. The molecule has 0 aliphatic carbocycles. The number of halogens is 3. The van der Waals surface area contributed by atoms with E-state index in [9.17, 15) is 21.6 Å². The molecule has 0 atom stereocenters. The molecule has 0 spiro atoms. The van der Waals surface area contributed by atoms with Crippen molar-refractivity contribution in [2.24, 2.45) is 7.05 Å². The number of ether oxygens (including phenoxy) is 2. The molecule has 0 amide bonds. The maximum atomic E-state index is 12.8. The van der Waals surface area contributed by atoms with Crippen LogP contribution in [0.3, 0.4) is 0 Å². The van der Waals surface area contributed by atoms with Gasteiger partial charge in [0.25, 0.3) is 10.0 Å². The number of nitrogens with zero attached hydrogens (tertiary/aromatic N) is 3. The molecule has 1 aromatic carbocycles. The Kier molecular flexibility index (Phi) is 5.38. The summed E-state index contributed by atoms with van der Waals surface area (Å²) >= 11 is 0. The van der Waals surface area contributed by atoms with Crippen LogP contribution in [0.15, 0.2) is 53.9 Å². The van der Waals surface area contributed by atoms with Gasteiger partial charge in [0.1, 0.15) is 16.4 Å². The minimum atomic E-state index is -4.97. The molecule has 0 saturated carbocycles. The highest BCUT2D eigenvalue weighted by Gasteiger charge is 2.32. The Morgan fingerprint density at radius 2 is 1.86 bits per heavy atom. The molecule has 0 unspecified atom stereocenters. The maximum Gasteiger partial charge on any atom is 0.573 e. The smallest absolute Gasteiger partial charge is 0.495 e. The zero-order valence-corrected chi connectivity index (χ0v) is 16.0. The maximum absolute atomic E-state index is 12.8. The number of alkyl halides is 3. The molecular weight excluding hydrogens is 413 g/mol. The Balaban J connectivity index is 1.94. The summed E-state index contributed by atoms with van der Waals surface area (Å²) in [5.41, 5.74) is 1.41. The summed E-state index contributed by atoms with van der Waals surface area (Å²) in [4.78, 5) is 3.47. The van der Waals surface area contributed by atoms with Crippen LogP contribution in [0.4, 0.5) is 18.9 Å². The first-order valence-corrected chi connectivity index (χ1v) is 9.46. The molecule has 12 heteroatoms. The highest BCUT2D eigenvalue weighted by atomic mass is 32.2. The van der Waals surface area contributed by atoms with Gasteiger partial charge in [0, 0.05) is 36.6 Å². The average Bonchev–Trinajstić information content (AvgIpc) is 3.07. The molecule has 2 heterocycles. The number of aromatic nitrogens is 3. The topological polar surface area (TPSA) is 95.3 Å². The normalized spacial score (nSPS) is 11.9. The lowest BCUT2D eigenvalue weighted by molar-refractivity contribution is -0.274. The Hall–Kier alpha value is -3.28. The van der Waals surface area contributed by atoms with Crippen LogP contribution in [-0.2, 0) is 17.1 Å². The molecule has 0 fully saturated rings. The molecule has 29 heavy (non-hydrogen) atoms. The highest BCUT2D eigenvalue weighted by molar-refractivity contribution is 7.92. The number of aryl methyl sites for hydroxylation is 1. The monoisotopic (exact) mass is 428 g/mol. The number of nitrogens with one attached hydrogen (secondary N) is 1. The molecule has 3 rings (SSSR count). The van der Waals surface area contributed by atoms with E-state index >= 15 is 0 Å². The molecule has 8 nitrogen and oxygen atoms in total. The van der Waals surface area contributed by atoms with E-state index in [-0.39, 0.29) is 11.4 Å². The van der Waals surface area contributed by atoms with Gasteiger partial charge in [0.05, 0.1) is 25.2 Å². The highest BCUT2D eigenvalue weighted by Crippen LogP contribution is 2.32. The molecule has 1 N–H and O–H groups in total. The first-order chi connectivity index (χ1) is 13.6. The van der Waals surface area contributed by atoms with Crippen LogP contribution < -0.4 is 14.2 Å². The van der Waals surface area contributed by atoms with Crippen LogP contribution in [0.25, 0.3) is 11.1 Å². The molecule has 0 aliphatic heterocycles. The SMILES string of the molecule is COc1ccc(OC(F)(F)F)cc1S(=O)(=O)Nc1cncc(-c2cnn(C)c2)c1. The predicted octanol–water partition coefficient (Wildman–Crippen LogP) is 3.19. The predicted molar refractivity (Wildman–Crippen MR) is 96.9 cm³/mol. The van der Waals surface area contributed by atoms with E-state index in [4.69, 9.17) is 4.74 Å². The minimum absolute atomic E-state index is 0.107. The first kappa shape index (κ1) is 20.5. The van der Waals surface area contributed by atoms with E-state index in [1.54, 1.807) is 24.1 Å². The van der Waals surface area contributed by atoms with Gasteiger partial charge in [-0.05, 0) is 18.2 Å². The van der Waals surface area contributed by atoms with Crippen molar-refractivity contribution in [2.75, 3.05) is 11.8 Å². The van der Waals surface area contributed by atoms with Gasteiger partial charge < -0.3 is 9.47 Å². The largest absolute Gasteiger partial charge is 0.573 e. The summed E-state index contributed by atoms with van der Waals surface area (Å²) in [6.07, 6.45) is 1.12. The van der Waals surface area contributed by atoms with Gasteiger partial charge in [-0.3, -0.25) is 14.4 Å². The van der Waals surface area contributed by atoms with Crippen LogP contribution in [0.1, 0.15) is 0 Å². The fourth-order valence-corrected chi connectivity index (χ4v) is 3.72. The third kappa shape index (κ3) is 4.96. The number of hydrogen-bond donors (Lipinski definition) is 1. The van der Waals surface area contributed by atoms with E-state index < -0.39 is 27.0 Å². The summed E-state index contributed by atoms with van der Waals surface area (Å²) in [6, 6.07) is 4.27.